The highest BCUT2D eigenvalue weighted by molar-refractivity contribution is 7.11. The maximum absolute atomic E-state index is 11.8. The molecule has 2 amide bonds. The molecule has 0 fully saturated rings. The number of amides is 2. The third-order valence-electron chi connectivity index (χ3n) is 2.95. The summed E-state index contributed by atoms with van der Waals surface area (Å²) in [7, 11) is 1.66. The Morgan fingerprint density at radius 2 is 1.95 bits per heavy atom. The van der Waals surface area contributed by atoms with E-state index in [0.717, 1.165) is 21.0 Å². The predicted octanol–water partition coefficient (Wildman–Crippen LogP) is 2.60. The molecular weight excluding hydrogens is 286 g/mol. The molecule has 112 valence electrons. The van der Waals surface area contributed by atoms with Gasteiger partial charge in [0.05, 0.1) is 18.2 Å². The minimum atomic E-state index is -0.187. The molecule has 0 radical (unpaired) electrons. The van der Waals surface area contributed by atoms with Gasteiger partial charge in [-0.3, -0.25) is 0 Å². The van der Waals surface area contributed by atoms with E-state index in [9.17, 15) is 4.79 Å². The number of ether oxygens (including phenoxy) is 1. The van der Waals surface area contributed by atoms with E-state index in [1.54, 1.807) is 24.6 Å². The number of nitrogens with zero attached hydrogens (tertiary/aromatic N) is 1. The first kappa shape index (κ1) is 15.5. The normalized spacial score (nSPS) is 10.4. The second-order valence-corrected chi connectivity index (χ2v) is 5.90. The Bertz CT molecular complexity index is 598. The molecule has 0 saturated heterocycles. The summed E-state index contributed by atoms with van der Waals surface area (Å²) in [4.78, 5) is 17.0. The van der Waals surface area contributed by atoms with Crippen molar-refractivity contribution in [3.63, 3.8) is 0 Å². The van der Waals surface area contributed by atoms with Crippen molar-refractivity contribution in [1.29, 1.82) is 0 Å². The zero-order valence-corrected chi connectivity index (χ0v) is 13.0. The van der Waals surface area contributed by atoms with Crippen molar-refractivity contribution in [3.8, 4) is 0 Å². The third kappa shape index (κ3) is 4.84. The van der Waals surface area contributed by atoms with Gasteiger partial charge in [-0.1, -0.05) is 24.3 Å². The summed E-state index contributed by atoms with van der Waals surface area (Å²) in [5, 5.41) is 6.68. The molecule has 6 heteroatoms. The number of hydrogen-bond donors (Lipinski definition) is 2. The molecule has 2 rings (SSSR count). The van der Waals surface area contributed by atoms with Gasteiger partial charge in [-0.15, -0.1) is 11.3 Å². The van der Waals surface area contributed by atoms with E-state index in [4.69, 9.17) is 4.74 Å². The Kier molecular flexibility index (Phi) is 5.71. The number of benzene rings is 1. The number of carbonyl (C=O) groups is 1. The quantitative estimate of drug-likeness (QED) is 0.862. The molecule has 0 aliphatic heterocycles. The molecule has 0 aliphatic carbocycles. The fraction of sp³-hybridized carbons (Fsp3) is 0.333. The maximum Gasteiger partial charge on any atom is 0.315 e. The van der Waals surface area contributed by atoms with Gasteiger partial charge >= 0.3 is 6.03 Å². The molecule has 21 heavy (non-hydrogen) atoms. The number of nitrogens with one attached hydrogen (secondary N) is 2. The molecule has 5 nitrogen and oxygen atoms in total. The first-order valence-corrected chi connectivity index (χ1v) is 7.49. The van der Waals surface area contributed by atoms with Gasteiger partial charge in [-0.25, -0.2) is 9.78 Å². The second kappa shape index (κ2) is 7.75. The Morgan fingerprint density at radius 1 is 1.24 bits per heavy atom. The van der Waals surface area contributed by atoms with Crippen LogP contribution in [-0.2, 0) is 24.4 Å². The van der Waals surface area contributed by atoms with Crippen LogP contribution in [0.4, 0.5) is 4.79 Å². The SMILES string of the molecule is COCc1ccccc1CNC(=O)NCc1cnc(C)s1. The fourth-order valence-electron chi connectivity index (χ4n) is 1.92. The number of urea groups is 1. The van der Waals surface area contributed by atoms with Crippen molar-refractivity contribution < 1.29 is 9.53 Å². The standard InChI is InChI=1S/C15H19N3O2S/c1-11-16-8-14(21-11)9-18-15(19)17-7-12-5-3-4-6-13(12)10-20-2/h3-6,8H,7,9-10H2,1-2H3,(H2,17,18,19). The maximum atomic E-state index is 11.8. The topological polar surface area (TPSA) is 63.2 Å². The average Bonchev–Trinajstić information content (AvgIpc) is 2.90. The fourth-order valence-corrected chi connectivity index (χ4v) is 2.65. The zero-order valence-electron chi connectivity index (χ0n) is 12.2. The minimum Gasteiger partial charge on any atom is -0.380 e. The lowest BCUT2D eigenvalue weighted by atomic mass is 10.1. The summed E-state index contributed by atoms with van der Waals surface area (Å²) in [5.41, 5.74) is 2.14. The van der Waals surface area contributed by atoms with Crippen LogP contribution in [0, 0.1) is 6.92 Å². The van der Waals surface area contributed by atoms with Gasteiger partial charge in [-0.2, -0.15) is 0 Å². The van der Waals surface area contributed by atoms with Crippen molar-refractivity contribution in [2.45, 2.75) is 26.6 Å². The second-order valence-electron chi connectivity index (χ2n) is 4.58. The molecule has 1 heterocycles. The Labute approximate surface area is 128 Å². The number of carbonyl (C=O) groups excluding carboxylic acids is 1. The van der Waals surface area contributed by atoms with Crippen LogP contribution in [0.25, 0.3) is 0 Å². The van der Waals surface area contributed by atoms with Crippen LogP contribution in [0.1, 0.15) is 21.0 Å². The van der Waals surface area contributed by atoms with Crippen LogP contribution in [0.3, 0.4) is 0 Å². The van der Waals surface area contributed by atoms with Crippen LogP contribution >= 0.6 is 11.3 Å². The number of hydrogen-bond acceptors (Lipinski definition) is 4. The monoisotopic (exact) mass is 305 g/mol. The first-order chi connectivity index (χ1) is 10.2. The van der Waals surface area contributed by atoms with Crippen molar-refractivity contribution >= 4 is 17.4 Å². The van der Waals surface area contributed by atoms with Gasteiger partial charge in [0.25, 0.3) is 0 Å². The predicted molar refractivity (Wildman–Crippen MR) is 83.1 cm³/mol. The van der Waals surface area contributed by atoms with Gasteiger partial charge in [0.15, 0.2) is 0 Å². The van der Waals surface area contributed by atoms with Gasteiger partial charge in [0.1, 0.15) is 0 Å². The van der Waals surface area contributed by atoms with E-state index in [1.165, 1.54) is 0 Å². The number of aromatic nitrogens is 1. The van der Waals surface area contributed by atoms with E-state index in [1.807, 2.05) is 31.2 Å². The largest absolute Gasteiger partial charge is 0.380 e. The molecule has 2 N–H and O–H groups in total. The molecule has 0 unspecified atom stereocenters. The molecule has 0 aliphatic rings. The van der Waals surface area contributed by atoms with E-state index in [-0.39, 0.29) is 6.03 Å². The van der Waals surface area contributed by atoms with Gasteiger partial charge in [0, 0.05) is 24.7 Å². The minimum absolute atomic E-state index is 0.187. The van der Waals surface area contributed by atoms with Crippen LogP contribution in [0.5, 0.6) is 0 Å². The van der Waals surface area contributed by atoms with Gasteiger partial charge < -0.3 is 15.4 Å². The summed E-state index contributed by atoms with van der Waals surface area (Å²) >= 11 is 1.58. The lowest BCUT2D eigenvalue weighted by Gasteiger charge is -2.10. The highest BCUT2D eigenvalue weighted by Crippen LogP contribution is 2.11. The van der Waals surface area contributed by atoms with Gasteiger partial charge in [0.2, 0.25) is 0 Å². The Balaban J connectivity index is 1.81. The lowest BCUT2D eigenvalue weighted by Crippen LogP contribution is -2.34. The molecular formula is C15H19N3O2S. The highest BCUT2D eigenvalue weighted by Gasteiger charge is 2.05. The van der Waals surface area contributed by atoms with Gasteiger partial charge in [-0.05, 0) is 18.1 Å². The smallest absolute Gasteiger partial charge is 0.315 e. The van der Waals surface area contributed by atoms with E-state index < -0.39 is 0 Å². The number of rotatable bonds is 6. The van der Waals surface area contributed by atoms with E-state index in [2.05, 4.69) is 15.6 Å². The highest BCUT2D eigenvalue weighted by atomic mass is 32.1. The Hall–Kier alpha value is -1.92. The van der Waals surface area contributed by atoms with Crippen LogP contribution in [-0.4, -0.2) is 18.1 Å². The summed E-state index contributed by atoms with van der Waals surface area (Å²) in [6.07, 6.45) is 1.79. The van der Waals surface area contributed by atoms with E-state index >= 15 is 0 Å². The molecule has 2 aromatic rings. The molecule has 0 bridgehead atoms. The van der Waals surface area contributed by atoms with Crippen molar-refractivity contribution in [1.82, 2.24) is 15.6 Å². The molecule has 1 aromatic carbocycles. The summed E-state index contributed by atoms with van der Waals surface area (Å²) in [6, 6.07) is 7.71. The molecule has 1 aromatic heterocycles. The Morgan fingerprint density at radius 3 is 2.62 bits per heavy atom. The van der Waals surface area contributed by atoms with E-state index in [0.29, 0.717) is 19.7 Å². The summed E-state index contributed by atoms with van der Waals surface area (Å²) in [6.45, 7) is 3.46. The molecule has 0 spiro atoms. The molecule has 0 saturated carbocycles. The first-order valence-electron chi connectivity index (χ1n) is 6.67. The number of aryl methyl sites for hydroxylation is 1. The zero-order chi connectivity index (χ0) is 15.1. The summed E-state index contributed by atoms with van der Waals surface area (Å²) in [5.74, 6) is 0. The van der Waals surface area contributed by atoms with Crippen LogP contribution < -0.4 is 10.6 Å². The van der Waals surface area contributed by atoms with Crippen molar-refractivity contribution in [2.24, 2.45) is 0 Å². The average molecular weight is 305 g/mol. The van der Waals surface area contributed by atoms with Crippen LogP contribution in [0.15, 0.2) is 30.5 Å². The number of thiazole rings is 1. The van der Waals surface area contributed by atoms with Crippen molar-refractivity contribution in [2.75, 3.05) is 7.11 Å². The third-order valence-corrected chi connectivity index (χ3v) is 3.86. The summed E-state index contributed by atoms with van der Waals surface area (Å²) < 4.78 is 5.15. The molecule has 0 atom stereocenters. The lowest BCUT2D eigenvalue weighted by molar-refractivity contribution is 0.184. The number of methoxy groups -OCH3 is 1. The van der Waals surface area contributed by atoms with Crippen LogP contribution in [0.2, 0.25) is 0 Å². The van der Waals surface area contributed by atoms with Crippen molar-refractivity contribution in [3.05, 3.63) is 51.5 Å².